The zero-order valence-corrected chi connectivity index (χ0v) is 9.98. The van der Waals surface area contributed by atoms with Crippen LogP contribution in [0.2, 0.25) is 0 Å². The fraction of sp³-hybridized carbons (Fsp3) is 0.455. The minimum absolute atomic E-state index is 0.0679. The normalized spacial score (nSPS) is 15.7. The summed E-state index contributed by atoms with van der Waals surface area (Å²) in [5, 5.41) is 11.4. The first kappa shape index (κ1) is 10.9. The van der Waals surface area contributed by atoms with Crippen LogP contribution in [0.1, 0.15) is 16.2 Å². The van der Waals surface area contributed by atoms with E-state index in [0.717, 1.165) is 19.6 Å². The fourth-order valence-corrected chi connectivity index (χ4v) is 2.07. The van der Waals surface area contributed by atoms with Crippen LogP contribution in [-0.2, 0) is 6.54 Å². The quantitative estimate of drug-likeness (QED) is 0.782. The van der Waals surface area contributed by atoms with Crippen LogP contribution >= 0.6 is 0 Å². The van der Waals surface area contributed by atoms with Crippen molar-refractivity contribution >= 4 is 5.91 Å². The third kappa shape index (κ3) is 1.99. The van der Waals surface area contributed by atoms with Crippen molar-refractivity contribution in [2.24, 2.45) is 5.92 Å². The predicted molar refractivity (Wildman–Crippen MR) is 60.7 cm³/mol. The molecule has 94 valence electrons. The molecule has 0 aliphatic carbocycles. The molecule has 0 aromatic carbocycles. The smallest absolute Gasteiger partial charge is 0.276 e. The summed E-state index contributed by atoms with van der Waals surface area (Å²) in [5.41, 5.74) is 0.381. The standard InChI is InChI=1S/C11H13N5O2/c1-8-4-10(13-18-8)11(17)15-5-9(6-15)7-16-3-2-12-14-16/h2-4,9H,5-7H2,1H3. The topological polar surface area (TPSA) is 77.1 Å². The van der Waals surface area contributed by atoms with Crippen molar-refractivity contribution in [2.45, 2.75) is 13.5 Å². The van der Waals surface area contributed by atoms with E-state index >= 15 is 0 Å². The van der Waals surface area contributed by atoms with Gasteiger partial charge in [0.25, 0.3) is 5.91 Å². The van der Waals surface area contributed by atoms with Crippen molar-refractivity contribution in [3.05, 3.63) is 29.9 Å². The van der Waals surface area contributed by atoms with E-state index in [-0.39, 0.29) is 5.91 Å². The van der Waals surface area contributed by atoms with E-state index in [4.69, 9.17) is 4.52 Å². The van der Waals surface area contributed by atoms with Crippen LogP contribution in [-0.4, -0.2) is 44.0 Å². The average Bonchev–Trinajstić information content (AvgIpc) is 2.93. The number of aromatic nitrogens is 4. The first-order valence-corrected chi connectivity index (χ1v) is 5.79. The van der Waals surface area contributed by atoms with Crippen molar-refractivity contribution < 1.29 is 9.32 Å². The maximum atomic E-state index is 12.0. The van der Waals surface area contributed by atoms with Crippen LogP contribution in [0.4, 0.5) is 0 Å². The van der Waals surface area contributed by atoms with E-state index in [1.807, 2.05) is 6.20 Å². The van der Waals surface area contributed by atoms with Crippen LogP contribution in [0.15, 0.2) is 23.0 Å². The maximum Gasteiger partial charge on any atom is 0.276 e. The molecule has 2 aromatic rings. The largest absolute Gasteiger partial charge is 0.361 e. The number of likely N-dealkylation sites (tertiary alicyclic amines) is 1. The predicted octanol–water partition coefficient (Wildman–Crippen LogP) is 0.347. The minimum Gasteiger partial charge on any atom is -0.361 e. The molecule has 0 N–H and O–H groups in total. The molecule has 7 nitrogen and oxygen atoms in total. The highest BCUT2D eigenvalue weighted by Gasteiger charge is 2.32. The molecule has 1 aliphatic heterocycles. The highest BCUT2D eigenvalue weighted by Crippen LogP contribution is 2.19. The van der Waals surface area contributed by atoms with Crippen molar-refractivity contribution in [1.29, 1.82) is 0 Å². The van der Waals surface area contributed by atoms with Crippen LogP contribution in [0.3, 0.4) is 0 Å². The Kier molecular flexibility index (Phi) is 2.58. The Morgan fingerprint density at radius 1 is 1.56 bits per heavy atom. The number of carbonyl (C=O) groups excluding carboxylic acids is 1. The summed E-state index contributed by atoms with van der Waals surface area (Å²) in [5.74, 6) is 1.02. The molecule has 1 amide bonds. The van der Waals surface area contributed by atoms with E-state index in [1.54, 1.807) is 28.8 Å². The molecular weight excluding hydrogens is 234 g/mol. The van der Waals surface area contributed by atoms with Crippen LogP contribution in [0, 0.1) is 12.8 Å². The minimum atomic E-state index is -0.0679. The Bertz CT molecular complexity index is 542. The third-order valence-corrected chi connectivity index (χ3v) is 3.01. The number of amides is 1. The van der Waals surface area contributed by atoms with Gasteiger partial charge in [-0.25, -0.2) is 0 Å². The number of nitrogens with zero attached hydrogens (tertiary/aromatic N) is 5. The van der Waals surface area contributed by atoms with E-state index < -0.39 is 0 Å². The number of aryl methyl sites for hydroxylation is 1. The second kappa shape index (κ2) is 4.25. The Labute approximate surface area is 103 Å². The highest BCUT2D eigenvalue weighted by atomic mass is 16.5. The van der Waals surface area contributed by atoms with Gasteiger partial charge in [-0.3, -0.25) is 9.48 Å². The lowest BCUT2D eigenvalue weighted by Gasteiger charge is -2.38. The summed E-state index contributed by atoms with van der Waals surface area (Å²) < 4.78 is 6.68. The fourth-order valence-electron chi connectivity index (χ4n) is 2.07. The molecule has 1 aliphatic rings. The summed E-state index contributed by atoms with van der Waals surface area (Å²) in [7, 11) is 0. The molecule has 18 heavy (non-hydrogen) atoms. The van der Waals surface area contributed by atoms with Crippen molar-refractivity contribution in [1.82, 2.24) is 25.1 Å². The summed E-state index contributed by atoms with van der Waals surface area (Å²) in [4.78, 5) is 13.7. The third-order valence-electron chi connectivity index (χ3n) is 3.01. The highest BCUT2D eigenvalue weighted by molar-refractivity contribution is 5.92. The molecule has 0 spiro atoms. The van der Waals surface area contributed by atoms with Gasteiger partial charge < -0.3 is 9.42 Å². The molecule has 7 heteroatoms. The summed E-state index contributed by atoms with van der Waals surface area (Å²) >= 11 is 0. The molecule has 3 heterocycles. The Balaban J connectivity index is 1.54. The molecule has 0 bridgehead atoms. The zero-order chi connectivity index (χ0) is 12.5. The van der Waals surface area contributed by atoms with Gasteiger partial charge in [-0.2, -0.15) is 0 Å². The molecule has 0 radical (unpaired) electrons. The van der Waals surface area contributed by atoms with Gasteiger partial charge >= 0.3 is 0 Å². The number of hydrogen-bond acceptors (Lipinski definition) is 5. The second-order valence-electron chi connectivity index (χ2n) is 4.52. The van der Waals surface area contributed by atoms with Crippen LogP contribution < -0.4 is 0 Å². The maximum absolute atomic E-state index is 12.0. The molecular formula is C11H13N5O2. The lowest BCUT2D eigenvalue weighted by molar-refractivity contribution is 0.0450. The SMILES string of the molecule is Cc1cc(C(=O)N2CC(Cn3ccnn3)C2)no1. The first-order chi connectivity index (χ1) is 8.72. The number of carbonyl (C=O) groups is 1. The monoisotopic (exact) mass is 247 g/mol. The average molecular weight is 247 g/mol. The second-order valence-corrected chi connectivity index (χ2v) is 4.52. The van der Waals surface area contributed by atoms with Crippen molar-refractivity contribution in [3.63, 3.8) is 0 Å². The van der Waals surface area contributed by atoms with E-state index in [2.05, 4.69) is 15.5 Å². The first-order valence-electron chi connectivity index (χ1n) is 5.79. The summed E-state index contributed by atoms with van der Waals surface area (Å²) in [6.45, 7) is 4.02. The van der Waals surface area contributed by atoms with E-state index in [9.17, 15) is 4.79 Å². The summed E-state index contributed by atoms with van der Waals surface area (Å²) in [6, 6.07) is 1.66. The van der Waals surface area contributed by atoms with E-state index in [0.29, 0.717) is 17.4 Å². The van der Waals surface area contributed by atoms with Crippen LogP contribution in [0.5, 0.6) is 0 Å². The molecule has 0 atom stereocenters. The van der Waals surface area contributed by atoms with Gasteiger partial charge in [0.05, 0.1) is 6.20 Å². The van der Waals surface area contributed by atoms with E-state index in [1.165, 1.54) is 0 Å². The Morgan fingerprint density at radius 2 is 2.39 bits per heavy atom. The van der Waals surface area contributed by atoms with Gasteiger partial charge in [0.1, 0.15) is 5.76 Å². The van der Waals surface area contributed by atoms with Crippen molar-refractivity contribution in [3.8, 4) is 0 Å². The Morgan fingerprint density at radius 3 is 3.00 bits per heavy atom. The number of hydrogen-bond donors (Lipinski definition) is 0. The Hall–Kier alpha value is -2.18. The van der Waals surface area contributed by atoms with Gasteiger partial charge in [-0.1, -0.05) is 10.4 Å². The molecule has 0 unspecified atom stereocenters. The van der Waals surface area contributed by atoms with Gasteiger partial charge in [-0.15, -0.1) is 5.10 Å². The van der Waals surface area contributed by atoms with Crippen LogP contribution in [0.25, 0.3) is 0 Å². The van der Waals surface area contributed by atoms with Gasteiger partial charge in [0.15, 0.2) is 5.69 Å². The van der Waals surface area contributed by atoms with Gasteiger partial charge in [-0.05, 0) is 6.92 Å². The summed E-state index contributed by atoms with van der Waals surface area (Å²) in [6.07, 6.45) is 3.48. The zero-order valence-electron chi connectivity index (χ0n) is 9.98. The molecule has 3 rings (SSSR count). The lowest BCUT2D eigenvalue weighted by atomic mass is 10.00. The van der Waals surface area contributed by atoms with Crippen molar-refractivity contribution in [2.75, 3.05) is 13.1 Å². The molecule has 1 saturated heterocycles. The molecule has 0 saturated carbocycles. The molecule has 1 fully saturated rings. The number of rotatable bonds is 3. The lowest BCUT2D eigenvalue weighted by Crippen LogP contribution is -2.51. The van der Waals surface area contributed by atoms with Gasteiger partial charge in [0.2, 0.25) is 0 Å². The van der Waals surface area contributed by atoms with Gasteiger partial charge in [0, 0.05) is 37.8 Å². The molecule has 2 aromatic heterocycles.